The number of hydrogen-bond donors (Lipinski definition) is 1. The molecule has 2 aromatic carbocycles. The van der Waals surface area contributed by atoms with Crippen molar-refractivity contribution in [3.05, 3.63) is 59.7 Å². The first kappa shape index (κ1) is 23.2. The number of rotatable bonds is 6. The van der Waals surface area contributed by atoms with Crippen molar-refractivity contribution in [3.8, 4) is 17.2 Å². The van der Waals surface area contributed by atoms with E-state index in [-0.39, 0.29) is 17.9 Å². The number of hydrogen-bond acceptors (Lipinski definition) is 5. The minimum Gasteiger partial charge on any atom is -0.497 e. The van der Waals surface area contributed by atoms with Crippen molar-refractivity contribution in [2.75, 3.05) is 27.9 Å². The summed E-state index contributed by atoms with van der Waals surface area (Å²) in [6.07, 6.45) is 7.85. The molecule has 4 rings (SSSR count). The second-order valence-corrected chi connectivity index (χ2v) is 8.90. The van der Waals surface area contributed by atoms with Crippen molar-refractivity contribution in [1.82, 2.24) is 4.90 Å². The molecule has 1 heterocycles. The third kappa shape index (κ3) is 4.71. The van der Waals surface area contributed by atoms with Gasteiger partial charge in [0, 0.05) is 18.5 Å². The van der Waals surface area contributed by atoms with Crippen molar-refractivity contribution in [3.63, 3.8) is 0 Å². The van der Waals surface area contributed by atoms with E-state index in [0.29, 0.717) is 24.5 Å². The maximum atomic E-state index is 13.4. The lowest BCUT2D eigenvalue weighted by molar-refractivity contribution is -0.150. The molecular weight excluding hydrogens is 418 g/mol. The Balaban J connectivity index is 1.62. The highest BCUT2D eigenvalue weighted by molar-refractivity contribution is 5.92. The number of benzene rings is 2. The van der Waals surface area contributed by atoms with Crippen LogP contribution in [0.25, 0.3) is 6.08 Å². The van der Waals surface area contributed by atoms with Crippen molar-refractivity contribution in [2.24, 2.45) is 5.92 Å². The Morgan fingerprint density at radius 1 is 1.00 bits per heavy atom. The van der Waals surface area contributed by atoms with Crippen LogP contribution >= 0.6 is 0 Å². The van der Waals surface area contributed by atoms with Gasteiger partial charge in [0.15, 0.2) is 11.5 Å². The van der Waals surface area contributed by atoms with Crippen LogP contribution < -0.4 is 14.2 Å². The maximum absolute atomic E-state index is 13.4. The summed E-state index contributed by atoms with van der Waals surface area (Å²) in [6.45, 7) is 0.527. The van der Waals surface area contributed by atoms with Gasteiger partial charge in [0.05, 0.1) is 33.0 Å². The van der Waals surface area contributed by atoms with E-state index in [2.05, 4.69) is 0 Å². The maximum Gasteiger partial charge on any atom is 0.247 e. The number of fused-ring (bicyclic) bond motifs is 1. The Labute approximate surface area is 195 Å². The fourth-order valence-electron chi connectivity index (χ4n) is 5.36. The molecule has 6 heteroatoms. The number of piperidine rings is 1. The van der Waals surface area contributed by atoms with Crippen molar-refractivity contribution in [2.45, 2.75) is 43.7 Å². The van der Waals surface area contributed by atoms with Crippen LogP contribution in [0.3, 0.4) is 0 Å². The number of aliphatic hydroxyl groups is 1. The molecule has 33 heavy (non-hydrogen) atoms. The third-order valence-corrected chi connectivity index (χ3v) is 7.13. The average Bonchev–Trinajstić information content (AvgIpc) is 2.86. The van der Waals surface area contributed by atoms with Crippen LogP contribution in [0.15, 0.2) is 48.5 Å². The Bertz CT molecular complexity index is 1000. The number of nitrogens with zero attached hydrogens (tertiary/aromatic N) is 1. The smallest absolute Gasteiger partial charge is 0.247 e. The summed E-state index contributed by atoms with van der Waals surface area (Å²) >= 11 is 0. The number of ether oxygens (including phenoxy) is 3. The van der Waals surface area contributed by atoms with Gasteiger partial charge in [-0.1, -0.05) is 31.0 Å². The SMILES string of the molecule is COc1ccc([C@H]2[C@@H]3CCCC[C@@]3(O)CCN2C(=O)/C=C/c2ccc(OC)c(OC)c2)cc1. The lowest BCUT2D eigenvalue weighted by atomic mass is 9.66. The fraction of sp³-hybridized carbons (Fsp3) is 0.444. The van der Waals surface area contributed by atoms with Gasteiger partial charge in [0.1, 0.15) is 5.75 Å². The summed E-state index contributed by atoms with van der Waals surface area (Å²) in [5.74, 6) is 2.01. The van der Waals surface area contributed by atoms with Crippen LogP contribution in [0.4, 0.5) is 0 Å². The summed E-state index contributed by atoms with van der Waals surface area (Å²) in [5.41, 5.74) is 1.18. The van der Waals surface area contributed by atoms with Gasteiger partial charge in [0.2, 0.25) is 5.91 Å². The first-order valence-corrected chi connectivity index (χ1v) is 11.6. The van der Waals surface area contributed by atoms with E-state index in [9.17, 15) is 9.90 Å². The molecule has 0 unspecified atom stereocenters. The summed E-state index contributed by atoms with van der Waals surface area (Å²) in [7, 11) is 4.83. The zero-order valence-electron chi connectivity index (χ0n) is 19.6. The van der Waals surface area contributed by atoms with E-state index in [0.717, 1.165) is 42.6 Å². The summed E-state index contributed by atoms with van der Waals surface area (Å²) in [6, 6.07) is 13.3. The van der Waals surface area contributed by atoms with E-state index < -0.39 is 5.60 Å². The molecule has 1 saturated heterocycles. The number of methoxy groups -OCH3 is 3. The Morgan fingerprint density at radius 3 is 2.45 bits per heavy atom. The summed E-state index contributed by atoms with van der Waals surface area (Å²) < 4.78 is 16.0. The number of carbonyl (C=O) groups excluding carboxylic acids is 1. The molecule has 0 radical (unpaired) electrons. The highest BCUT2D eigenvalue weighted by atomic mass is 16.5. The fourth-order valence-corrected chi connectivity index (χ4v) is 5.36. The van der Waals surface area contributed by atoms with E-state index in [1.54, 1.807) is 33.5 Å². The molecular formula is C27H33NO5. The Hall–Kier alpha value is -2.99. The van der Waals surface area contributed by atoms with Gasteiger partial charge in [-0.3, -0.25) is 4.79 Å². The molecule has 3 atom stereocenters. The first-order valence-electron chi connectivity index (χ1n) is 11.6. The van der Waals surface area contributed by atoms with Gasteiger partial charge < -0.3 is 24.2 Å². The molecule has 1 aliphatic carbocycles. The van der Waals surface area contributed by atoms with Crippen LogP contribution in [-0.4, -0.2) is 49.4 Å². The number of amides is 1. The topological polar surface area (TPSA) is 68.2 Å². The average molecular weight is 452 g/mol. The highest BCUT2D eigenvalue weighted by Crippen LogP contribution is 2.49. The van der Waals surface area contributed by atoms with E-state index >= 15 is 0 Å². The monoisotopic (exact) mass is 451 g/mol. The molecule has 2 aromatic rings. The lowest BCUT2D eigenvalue weighted by Gasteiger charge is -2.52. The molecule has 6 nitrogen and oxygen atoms in total. The van der Waals surface area contributed by atoms with Crippen molar-refractivity contribution >= 4 is 12.0 Å². The second kappa shape index (κ2) is 9.87. The van der Waals surface area contributed by atoms with E-state index in [1.165, 1.54) is 0 Å². The number of carbonyl (C=O) groups is 1. The van der Waals surface area contributed by atoms with Gasteiger partial charge in [-0.15, -0.1) is 0 Å². The zero-order valence-corrected chi connectivity index (χ0v) is 19.6. The molecule has 0 spiro atoms. The lowest BCUT2D eigenvalue weighted by Crippen LogP contribution is -2.56. The molecule has 0 bridgehead atoms. The zero-order chi connectivity index (χ0) is 23.4. The molecule has 2 aliphatic rings. The molecule has 1 N–H and O–H groups in total. The largest absolute Gasteiger partial charge is 0.497 e. The molecule has 1 aliphatic heterocycles. The third-order valence-electron chi connectivity index (χ3n) is 7.13. The van der Waals surface area contributed by atoms with Crippen LogP contribution in [0.5, 0.6) is 17.2 Å². The quantitative estimate of drug-likeness (QED) is 0.649. The van der Waals surface area contributed by atoms with Crippen molar-refractivity contribution < 1.29 is 24.1 Å². The second-order valence-electron chi connectivity index (χ2n) is 8.90. The van der Waals surface area contributed by atoms with Crippen LogP contribution in [0, 0.1) is 5.92 Å². The Morgan fingerprint density at radius 2 is 1.76 bits per heavy atom. The van der Waals surface area contributed by atoms with Crippen LogP contribution in [0.2, 0.25) is 0 Å². The Kier molecular flexibility index (Phi) is 6.94. The molecule has 2 fully saturated rings. The first-order chi connectivity index (χ1) is 16.0. The van der Waals surface area contributed by atoms with Gasteiger partial charge >= 0.3 is 0 Å². The molecule has 1 saturated carbocycles. The van der Waals surface area contributed by atoms with Gasteiger partial charge in [0.25, 0.3) is 0 Å². The molecule has 0 aromatic heterocycles. The normalized spacial score (nSPS) is 24.9. The summed E-state index contributed by atoms with van der Waals surface area (Å²) in [4.78, 5) is 15.3. The van der Waals surface area contributed by atoms with Crippen molar-refractivity contribution in [1.29, 1.82) is 0 Å². The molecule has 176 valence electrons. The predicted molar refractivity (Wildman–Crippen MR) is 128 cm³/mol. The standard InChI is InChI=1S/C27H33NO5/c1-31-21-11-9-20(10-12-21)26-22-6-4-5-15-27(22,30)16-17-28(26)25(29)14-8-19-7-13-23(32-2)24(18-19)33-3/h7-14,18,22,26,30H,4-6,15-17H2,1-3H3/b14-8+/t22-,26-,27+/m0/s1. The van der Waals surface area contributed by atoms with Gasteiger partial charge in [-0.25, -0.2) is 0 Å². The minimum absolute atomic E-state index is 0.0202. The molecule has 1 amide bonds. The van der Waals surface area contributed by atoms with E-state index in [1.807, 2.05) is 47.4 Å². The van der Waals surface area contributed by atoms with Gasteiger partial charge in [-0.05, 0) is 60.7 Å². The van der Waals surface area contributed by atoms with Crippen LogP contribution in [-0.2, 0) is 4.79 Å². The van der Waals surface area contributed by atoms with Gasteiger partial charge in [-0.2, -0.15) is 0 Å². The number of likely N-dealkylation sites (tertiary alicyclic amines) is 1. The summed E-state index contributed by atoms with van der Waals surface area (Å²) in [5, 5.41) is 11.4. The predicted octanol–water partition coefficient (Wildman–Crippen LogP) is 4.62. The van der Waals surface area contributed by atoms with E-state index in [4.69, 9.17) is 14.2 Å². The van der Waals surface area contributed by atoms with Crippen LogP contribution in [0.1, 0.15) is 49.3 Å². The highest BCUT2D eigenvalue weighted by Gasteiger charge is 2.49. The minimum atomic E-state index is -0.716.